The van der Waals surface area contributed by atoms with E-state index in [9.17, 15) is 14.4 Å². The number of piperidine rings is 1. The molecule has 0 spiro atoms. The minimum atomic E-state index is -0.514. The zero-order chi connectivity index (χ0) is 42.7. The maximum atomic E-state index is 16.3. The van der Waals surface area contributed by atoms with Gasteiger partial charge in [-0.2, -0.15) is 4.98 Å². The van der Waals surface area contributed by atoms with Crippen LogP contribution in [0.1, 0.15) is 79.6 Å². The molecule has 1 atom stereocenters. The van der Waals surface area contributed by atoms with Crippen molar-refractivity contribution < 1.29 is 23.3 Å². The second-order valence-electron chi connectivity index (χ2n) is 17.6. The van der Waals surface area contributed by atoms with Gasteiger partial charge in [0.05, 0.1) is 17.1 Å². The number of aromatic nitrogens is 5. The van der Waals surface area contributed by atoms with E-state index in [1.165, 1.54) is 6.33 Å². The van der Waals surface area contributed by atoms with Crippen LogP contribution in [0, 0.1) is 18.7 Å². The molecule has 3 aromatic carbocycles. The molecule has 6 heterocycles. The SMILES string of the molecule is Cc1c([C@@H](C)NC(=O)c2nc(C3(C)CC3)no2)ccc(-c2ncnc3[nH]c4cc(N5CCN(CC6CCN(c7ccc(N8CCC(=O)NC8=O)cc7)CC6)CC5)ccc4c23)c1F. The summed E-state index contributed by atoms with van der Waals surface area (Å²) in [4.78, 5) is 62.8. The van der Waals surface area contributed by atoms with E-state index in [1.807, 2.05) is 25.1 Å². The summed E-state index contributed by atoms with van der Waals surface area (Å²) in [5.41, 5.74) is 6.45. The molecule has 3 aliphatic heterocycles. The largest absolute Gasteiger partial charge is 0.372 e. The molecule has 16 heteroatoms. The Morgan fingerprint density at radius 2 is 1.66 bits per heavy atom. The van der Waals surface area contributed by atoms with E-state index in [4.69, 9.17) is 4.52 Å². The first kappa shape index (κ1) is 39.7. The Labute approximate surface area is 358 Å². The summed E-state index contributed by atoms with van der Waals surface area (Å²) in [5, 5.41) is 11.0. The van der Waals surface area contributed by atoms with Crippen LogP contribution in [0.3, 0.4) is 0 Å². The summed E-state index contributed by atoms with van der Waals surface area (Å²) in [5.74, 6) is -0.0399. The third kappa shape index (κ3) is 7.50. The number of anilines is 3. The summed E-state index contributed by atoms with van der Waals surface area (Å²) in [7, 11) is 0. The summed E-state index contributed by atoms with van der Waals surface area (Å²) in [6.45, 7) is 12.9. The molecule has 3 aromatic heterocycles. The molecule has 62 heavy (non-hydrogen) atoms. The van der Waals surface area contributed by atoms with Crippen LogP contribution in [0.5, 0.6) is 0 Å². The van der Waals surface area contributed by atoms with Crippen LogP contribution >= 0.6 is 0 Å². The van der Waals surface area contributed by atoms with Crippen LogP contribution in [0.15, 0.2) is 65.4 Å². The monoisotopic (exact) mass is 839 g/mol. The molecule has 1 aliphatic carbocycles. The third-order valence-corrected chi connectivity index (χ3v) is 13.5. The highest BCUT2D eigenvalue weighted by Crippen LogP contribution is 2.46. The molecule has 0 unspecified atom stereocenters. The summed E-state index contributed by atoms with van der Waals surface area (Å²) in [6, 6.07) is 17.2. The van der Waals surface area contributed by atoms with E-state index in [0.717, 1.165) is 105 Å². The number of imide groups is 1. The second-order valence-corrected chi connectivity index (χ2v) is 17.6. The fraction of sp³-hybridized carbons (Fsp3) is 0.413. The van der Waals surface area contributed by atoms with Crippen molar-refractivity contribution in [1.82, 2.24) is 40.6 Å². The Hall–Kier alpha value is -6.42. The van der Waals surface area contributed by atoms with Gasteiger partial charge in [-0.3, -0.25) is 24.7 Å². The highest BCUT2D eigenvalue weighted by atomic mass is 19.1. The lowest BCUT2D eigenvalue weighted by atomic mass is 9.95. The minimum Gasteiger partial charge on any atom is -0.372 e. The van der Waals surface area contributed by atoms with Gasteiger partial charge in [0.1, 0.15) is 17.8 Å². The van der Waals surface area contributed by atoms with Crippen LogP contribution in [-0.2, 0) is 10.2 Å². The van der Waals surface area contributed by atoms with E-state index in [0.29, 0.717) is 52.7 Å². The quantitative estimate of drug-likeness (QED) is 0.135. The van der Waals surface area contributed by atoms with Crippen molar-refractivity contribution >= 4 is 56.8 Å². The van der Waals surface area contributed by atoms with Crippen LogP contribution < -0.4 is 25.3 Å². The van der Waals surface area contributed by atoms with Gasteiger partial charge in [0.25, 0.3) is 0 Å². The lowest BCUT2D eigenvalue weighted by molar-refractivity contribution is -0.120. The predicted octanol–water partition coefficient (Wildman–Crippen LogP) is 6.64. The molecule has 1 saturated carbocycles. The standard InChI is InChI=1S/C46H50FN11O4/c1-27-33(28(2)50-42(60)43-53-44(54-62-43)46(3)15-16-46)10-11-35(39(27)47)40-38-34-9-8-32(24-36(34)51-41(38)49-26-48-40)57-22-20-55(21-23-57)25-29-12-17-56(18-13-29)30-4-6-31(7-5-30)58-19-14-37(59)52-45(58)61/h4-11,24,26,28-29H,12-23,25H2,1-3H3,(H,50,60)(H,48,49,51)(H,52,59,61)/t28-/m1/s1. The lowest BCUT2D eigenvalue weighted by Crippen LogP contribution is -2.49. The van der Waals surface area contributed by atoms with Crippen LogP contribution in [0.4, 0.5) is 26.2 Å². The number of H-pyrrole nitrogens is 1. The number of benzene rings is 3. The number of fused-ring (bicyclic) bond motifs is 3. The summed E-state index contributed by atoms with van der Waals surface area (Å²) < 4.78 is 21.6. The average Bonchev–Trinajstić information content (AvgIpc) is 3.64. The number of rotatable bonds is 10. The van der Waals surface area contributed by atoms with Gasteiger partial charge in [-0.25, -0.2) is 19.2 Å². The Morgan fingerprint density at radius 1 is 0.935 bits per heavy atom. The summed E-state index contributed by atoms with van der Waals surface area (Å²) in [6.07, 6.45) is 5.97. The predicted molar refractivity (Wildman–Crippen MR) is 234 cm³/mol. The van der Waals surface area contributed by atoms with Crippen LogP contribution in [-0.4, -0.2) is 100 Å². The minimum absolute atomic E-state index is 0.0961. The molecule has 4 fully saturated rings. The number of hydrogen-bond donors (Lipinski definition) is 3. The first-order chi connectivity index (χ1) is 30.0. The fourth-order valence-corrected chi connectivity index (χ4v) is 9.36. The highest BCUT2D eigenvalue weighted by molar-refractivity contribution is 6.12. The molecular weight excluding hydrogens is 790 g/mol. The van der Waals surface area contributed by atoms with Gasteiger partial charge < -0.3 is 24.6 Å². The van der Waals surface area contributed by atoms with Gasteiger partial charge >= 0.3 is 17.8 Å². The number of halogens is 1. The Morgan fingerprint density at radius 3 is 2.40 bits per heavy atom. The number of nitrogens with zero attached hydrogens (tertiary/aromatic N) is 8. The number of amides is 4. The number of aromatic amines is 1. The topological polar surface area (TPSA) is 169 Å². The lowest BCUT2D eigenvalue weighted by Gasteiger charge is -2.40. The summed E-state index contributed by atoms with van der Waals surface area (Å²) >= 11 is 0. The van der Waals surface area contributed by atoms with Gasteiger partial charge in [-0.1, -0.05) is 24.2 Å². The van der Waals surface area contributed by atoms with Gasteiger partial charge in [0, 0.05) is 97.7 Å². The number of piperazine rings is 1. The van der Waals surface area contributed by atoms with Gasteiger partial charge in [0.2, 0.25) is 5.91 Å². The third-order valence-electron chi connectivity index (χ3n) is 13.5. The van der Waals surface area contributed by atoms with E-state index < -0.39 is 17.8 Å². The molecule has 320 valence electrons. The zero-order valence-electron chi connectivity index (χ0n) is 35.2. The molecular formula is C46H50FN11O4. The molecule has 4 amide bonds. The first-order valence-corrected chi connectivity index (χ1v) is 21.7. The van der Waals surface area contributed by atoms with Crippen molar-refractivity contribution in [1.29, 1.82) is 0 Å². The van der Waals surface area contributed by atoms with E-state index >= 15 is 4.39 Å². The number of carbonyl (C=O) groups is 3. The number of hydrogen-bond acceptors (Lipinski definition) is 11. The van der Waals surface area contributed by atoms with Crippen molar-refractivity contribution in [2.45, 2.75) is 64.3 Å². The Kier molecular flexibility index (Phi) is 10.1. The van der Waals surface area contributed by atoms with Crippen molar-refractivity contribution in [3.8, 4) is 11.3 Å². The number of urea groups is 1. The van der Waals surface area contributed by atoms with E-state index in [-0.39, 0.29) is 23.2 Å². The molecule has 6 aromatic rings. The number of carbonyl (C=O) groups excluding carboxylic acids is 3. The Balaban J connectivity index is 0.757. The molecule has 4 aliphatic rings. The molecule has 15 nitrogen and oxygen atoms in total. The normalized spacial score (nSPS) is 19.0. The van der Waals surface area contributed by atoms with Crippen molar-refractivity contribution in [2.75, 3.05) is 67.1 Å². The average molecular weight is 840 g/mol. The Bertz CT molecular complexity index is 2690. The molecule has 0 bridgehead atoms. The van der Waals surface area contributed by atoms with Gasteiger partial charge in [-0.05, 0) is 99.0 Å². The highest BCUT2D eigenvalue weighted by Gasteiger charge is 2.44. The molecule has 10 rings (SSSR count). The maximum Gasteiger partial charge on any atom is 0.328 e. The molecule has 0 radical (unpaired) electrons. The first-order valence-electron chi connectivity index (χ1n) is 21.7. The van der Waals surface area contributed by atoms with Gasteiger partial charge in [0.15, 0.2) is 5.82 Å². The van der Waals surface area contributed by atoms with Crippen molar-refractivity contribution in [2.24, 2.45) is 5.92 Å². The van der Waals surface area contributed by atoms with Crippen molar-refractivity contribution in [3.05, 3.63) is 89.6 Å². The maximum absolute atomic E-state index is 16.3. The molecule has 3 saturated heterocycles. The van der Waals surface area contributed by atoms with Gasteiger partial charge in [-0.15, -0.1) is 0 Å². The van der Waals surface area contributed by atoms with Crippen molar-refractivity contribution in [3.63, 3.8) is 0 Å². The zero-order valence-corrected chi connectivity index (χ0v) is 35.2. The van der Waals surface area contributed by atoms with E-state index in [2.05, 4.69) is 80.8 Å². The fourth-order valence-electron chi connectivity index (χ4n) is 9.36. The number of nitrogens with one attached hydrogen (secondary N) is 3. The van der Waals surface area contributed by atoms with E-state index in [1.54, 1.807) is 24.8 Å². The second kappa shape index (κ2) is 15.8. The van der Waals surface area contributed by atoms with Crippen LogP contribution in [0.25, 0.3) is 33.2 Å². The smallest absolute Gasteiger partial charge is 0.328 e. The van der Waals surface area contributed by atoms with Crippen LogP contribution in [0.2, 0.25) is 0 Å². The molecule has 3 N–H and O–H groups in total.